The average Bonchev–Trinajstić information content (AvgIpc) is 3.47. The third kappa shape index (κ3) is 4.55. The van der Waals surface area contributed by atoms with E-state index in [1.165, 1.54) is 28.0 Å². The van der Waals surface area contributed by atoms with Gasteiger partial charge in [-0.25, -0.2) is 9.48 Å². The smallest absolute Gasteiger partial charge is 0.329 e. The number of anilines is 1. The van der Waals surface area contributed by atoms with Gasteiger partial charge in [0.2, 0.25) is 11.8 Å². The van der Waals surface area contributed by atoms with E-state index < -0.39 is 43.9 Å². The van der Waals surface area contributed by atoms with Crippen LogP contribution in [0.5, 0.6) is 0 Å². The van der Waals surface area contributed by atoms with E-state index in [9.17, 15) is 14.4 Å². The number of hydrogen-bond donors (Lipinski definition) is 0. The molecule has 1 atom stereocenters. The Labute approximate surface area is 202 Å². The number of hydrogen-bond acceptors (Lipinski definition) is 7. The molecule has 1 unspecified atom stereocenters. The van der Waals surface area contributed by atoms with Gasteiger partial charge >= 0.3 is 5.97 Å². The summed E-state index contributed by atoms with van der Waals surface area (Å²) in [6, 6.07) is 5.02. The highest BCUT2D eigenvalue weighted by molar-refractivity contribution is 6.33. The monoisotopic (exact) mass is 494 g/mol. The standard InChI is InChI=1S/C20H19Cl2N7O4/c1-26-7-6-12(24-26)8-15(20(32)33-2)28-11-17(30)27(10-18(28)31)14-5-3-4-13(21)19(14)29-9-16(22)23-25-29/h3-7,9,15H,8,10-11H2,1-2H3/i1D3. The Bertz CT molecular complexity index is 1330. The minimum atomic E-state index is -2.50. The van der Waals surface area contributed by atoms with E-state index in [1.54, 1.807) is 18.2 Å². The Morgan fingerprint density at radius 2 is 2.06 bits per heavy atom. The number of esters is 1. The Morgan fingerprint density at radius 1 is 1.24 bits per heavy atom. The average molecular weight is 495 g/mol. The fourth-order valence-corrected chi connectivity index (χ4v) is 3.95. The van der Waals surface area contributed by atoms with Crippen LogP contribution in [-0.4, -0.2) is 73.7 Å². The summed E-state index contributed by atoms with van der Waals surface area (Å²) in [5, 5.41) is 11.9. The van der Waals surface area contributed by atoms with Gasteiger partial charge in [-0.3, -0.25) is 19.2 Å². The predicted molar refractivity (Wildman–Crippen MR) is 118 cm³/mol. The van der Waals surface area contributed by atoms with Crippen molar-refractivity contribution in [2.45, 2.75) is 12.5 Å². The van der Waals surface area contributed by atoms with Crippen molar-refractivity contribution in [1.29, 1.82) is 0 Å². The highest BCUT2D eigenvalue weighted by Crippen LogP contribution is 2.32. The predicted octanol–water partition coefficient (Wildman–Crippen LogP) is 1.27. The second-order valence-electron chi connectivity index (χ2n) is 7.09. The van der Waals surface area contributed by atoms with E-state index in [0.29, 0.717) is 11.4 Å². The van der Waals surface area contributed by atoms with Gasteiger partial charge in [-0.05, 0) is 18.2 Å². The second-order valence-corrected chi connectivity index (χ2v) is 7.88. The zero-order chi connectivity index (χ0) is 26.2. The molecule has 13 heteroatoms. The van der Waals surface area contributed by atoms with Gasteiger partial charge in [0.15, 0.2) is 5.15 Å². The highest BCUT2D eigenvalue weighted by Gasteiger charge is 2.39. The zero-order valence-electron chi connectivity index (χ0n) is 20.2. The molecule has 0 radical (unpaired) electrons. The van der Waals surface area contributed by atoms with Gasteiger partial charge in [0.05, 0.1) is 29.7 Å². The molecule has 172 valence electrons. The summed E-state index contributed by atoms with van der Waals surface area (Å²) < 4.78 is 29.3. The van der Waals surface area contributed by atoms with Crippen molar-refractivity contribution in [3.63, 3.8) is 0 Å². The number of nitrogens with zero attached hydrogens (tertiary/aromatic N) is 7. The van der Waals surface area contributed by atoms with Gasteiger partial charge in [0.25, 0.3) is 0 Å². The van der Waals surface area contributed by atoms with Crippen LogP contribution in [0.1, 0.15) is 9.81 Å². The summed E-state index contributed by atoms with van der Waals surface area (Å²) in [6.45, 7) is -3.34. The Morgan fingerprint density at radius 3 is 2.73 bits per heavy atom. The molecule has 1 aliphatic rings. The number of piperazine rings is 1. The van der Waals surface area contributed by atoms with Gasteiger partial charge in [-0.2, -0.15) is 5.10 Å². The number of halogens is 2. The fraction of sp³-hybridized carbons (Fsp3) is 0.300. The van der Waals surface area contributed by atoms with Crippen LogP contribution in [-0.2, 0) is 32.5 Å². The minimum absolute atomic E-state index is 0.106. The molecule has 3 heterocycles. The van der Waals surface area contributed by atoms with Crippen LogP contribution in [0.25, 0.3) is 5.69 Å². The lowest BCUT2D eigenvalue weighted by Gasteiger charge is -2.37. The molecule has 0 N–H and O–H groups in total. The molecular weight excluding hydrogens is 473 g/mol. The summed E-state index contributed by atoms with van der Waals surface area (Å²) >= 11 is 12.2. The number of methoxy groups -OCH3 is 1. The molecule has 1 aromatic carbocycles. The van der Waals surface area contributed by atoms with Crippen molar-refractivity contribution in [2.75, 3.05) is 25.1 Å². The maximum atomic E-state index is 13.2. The number of rotatable bonds is 6. The lowest BCUT2D eigenvalue weighted by atomic mass is 10.1. The number of carbonyl (C=O) groups is 3. The molecule has 33 heavy (non-hydrogen) atoms. The molecule has 0 saturated carbocycles. The van der Waals surface area contributed by atoms with Gasteiger partial charge in [-0.15, -0.1) is 5.10 Å². The van der Waals surface area contributed by atoms with Crippen molar-refractivity contribution in [3.8, 4) is 5.69 Å². The maximum Gasteiger partial charge on any atom is 0.329 e. The summed E-state index contributed by atoms with van der Waals surface area (Å²) in [7, 11) is 1.15. The van der Waals surface area contributed by atoms with Crippen LogP contribution in [0, 0.1) is 0 Å². The SMILES string of the molecule is [2H]C([2H])([2H])n1ccc(CC(C(=O)OC)N2CC(=O)N(c3cccc(Cl)c3-n3cc(Cl)nn3)CC2=O)n1. The number of benzene rings is 1. The number of para-hydroxylation sites is 1. The Kier molecular flexibility index (Phi) is 5.32. The summed E-state index contributed by atoms with van der Waals surface area (Å²) in [6.07, 6.45) is 2.51. The summed E-state index contributed by atoms with van der Waals surface area (Å²) in [5.74, 6) is -1.80. The first kappa shape index (κ1) is 19.1. The molecule has 0 spiro atoms. The largest absolute Gasteiger partial charge is 0.467 e. The lowest BCUT2D eigenvalue weighted by Crippen LogP contribution is -2.59. The van der Waals surface area contributed by atoms with Crippen LogP contribution in [0.3, 0.4) is 0 Å². The van der Waals surface area contributed by atoms with E-state index in [-0.39, 0.29) is 22.3 Å². The number of amides is 2. The maximum absolute atomic E-state index is 13.2. The molecule has 0 aliphatic carbocycles. The third-order valence-corrected chi connectivity index (χ3v) is 5.55. The third-order valence-electron chi connectivity index (χ3n) is 5.07. The first-order valence-corrected chi connectivity index (χ1v) is 10.3. The van der Waals surface area contributed by atoms with Gasteiger partial charge in [0, 0.05) is 23.7 Å². The van der Waals surface area contributed by atoms with Crippen LogP contribution in [0.15, 0.2) is 36.7 Å². The van der Waals surface area contributed by atoms with Gasteiger partial charge < -0.3 is 9.64 Å². The summed E-state index contributed by atoms with van der Waals surface area (Å²) in [4.78, 5) is 41.3. The molecule has 3 aromatic rings. The van der Waals surface area contributed by atoms with Crippen LogP contribution in [0.2, 0.25) is 10.2 Å². The normalized spacial score (nSPS) is 16.9. The molecule has 1 saturated heterocycles. The number of aryl methyl sites for hydroxylation is 1. The van der Waals surface area contributed by atoms with E-state index in [1.807, 2.05) is 0 Å². The first-order valence-electron chi connectivity index (χ1n) is 11.1. The summed E-state index contributed by atoms with van der Waals surface area (Å²) in [5.41, 5.74) is 0.838. The van der Waals surface area contributed by atoms with Gasteiger partial charge in [-0.1, -0.05) is 34.5 Å². The number of aromatic nitrogens is 5. The molecule has 1 aliphatic heterocycles. The fourth-order valence-electron chi connectivity index (χ4n) is 3.56. The van der Waals surface area contributed by atoms with Crippen LogP contribution in [0.4, 0.5) is 5.69 Å². The van der Waals surface area contributed by atoms with Crippen molar-refractivity contribution in [1.82, 2.24) is 29.7 Å². The Balaban J connectivity index is 1.61. The zero-order valence-corrected chi connectivity index (χ0v) is 18.7. The number of ether oxygens (including phenoxy) is 1. The van der Waals surface area contributed by atoms with Crippen LogP contribution < -0.4 is 4.90 Å². The first-order chi connectivity index (χ1) is 17.0. The minimum Gasteiger partial charge on any atom is -0.467 e. The van der Waals surface area contributed by atoms with E-state index in [0.717, 1.165) is 16.7 Å². The van der Waals surface area contributed by atoms with Crippen molar-refractivity contribution in [2.24, 2.45) is 6.98 Å². The molecule has 2 aromatic heterocycles. The molecule has 4 rings (SSSR count). The lowest BCUT2D eigenvalue weighted by molar-refractivity contribution is -0.154. The van der Waals surface area contributed by atoms with Crippen molar-refractivity contribution >= 4 is 46.7 Å². The Hall–Kier alpha value is -3.44. The van der Waals surface area contributed by atoms with E-state index >= 15 is 0 Å². The number of carbonyl (C=O) groups excluding carboxylic acids is 3. The topological polar surface area (TPSA) is 115 Å². The highest BCUT2D eigenvalue weighted by atomic mass is 35.5. The van der Waals surface area contributed by atoms with Crippen molar-refractivity contribution in [3.05, 3.63) is 52.5 Å². The van der Waals surface area contributed by atoms with Crippen LogP contribution >= 0.6 is 23.2 Å². The quantitative estimate of drug-likeness (QED) is 0.473. The second kappa shape index (κ2) is 9.20. The van der Waals surface area contributed by atoms with Crippen molar-refractivity contribution < 1.29 is 23.2 Å². The molecule has 2 amide bonds. The molecular formula is C20H19Cl2N7O4. The molecule has 0 bridgehead atoms. The molecule has 1 fully saturated rings. The molecule has 11 nitrogen and oxygen atoms in total. The van der Waals surface area contributed by atoms with Gasteiger partial charge in [0.1, 0.15) is 24.8 Å². The van der Waals surface area contributed by atoms with E-state index in [4.69, 9.17) is 32.1 Å². The van der Waals surface area contributed by atoms with E-state index in [2.05, 4.69) is 15.4 Å².